The van der Waals surface area contributed by atoms with Gasteiger partial charge in [0.2, 0.25) is 0 Å². The molecule has 0 aliphatic heterocycles. The number of rotatable bonds is 1. The minimum absolute atomic E-state index is 0.551. The van der Waals surface area contributed by atoms with Crippen LogP contribution in [0.5, 0.6) is 0 Å². The van der Waals surface area contributed by atoms with Gasteiger partial charge in [0.15, 0.2) is 0 Å². The summed E-state index contributed by atoms with van der Waals surface area (Å²) in [5.41, 5.74) is 7.85. The Morgan fingerprint density at radius 2 is 2.31 bits per heavy atom. The fraction of sp³-hybridized carbons (Fsp3) is 0.222. The van der Waals surface area contributed by atoms with Crippen molar-refractivity contribution in [2.75, 3.05) is 0 Å². The highest BCUT2D eigenvalue weighted by atomic mass is 79.9. The van der Waals surface area contributed by atoms with Crippen LogP contribution in [0.25, 0.3) is 10.9 Å². The van der Waals surface area contributed by atoms with Crippen molar-refractivity contribution in [3.63, 3.8) is 0 Å². The van der Waals surface area contributed by atoms with E-state index in [0.29, 0.717) is 6.54 Å². The Bertz CT molecular complexity index is 447. The zero-order chi connectivity index (χ0) is 9.42. The third-order valence-corrected chi connectivity index (χ3v) is 2.80. The predicted molar refractivity (Wildman–Crippen MR) is 56.3 cm³/mol. The zero-order valence-corrected chi connectivity index (χ0v) is 8.87. The SMILES string of the molecule is Cn1ncc2c(CN)ccc(Br)c21. The molecule has 2 aromatic rings. The van der Waals surface area contributed by atoms with Crippen molar-refractivity contribution in [1.29, 1.82) is 0 Å². The minimum atomic E-state index is 0.551. The summed E-state index contributed by atoms with van der Waals surface area (Å²) in [5.74, 6) is 0. The van der Waals surface area contributed by atoms with Gasteiger partial charge in [-0.25, -0.2) is 0 Å². The molecule has 0 aliphatic rings. The fourth-order valence-corrected chi connectivity index (χ4v) is 2.08. The van der Waals surface area contributed by atoms with Crippen LogP contribution in [0.4, 0.5) is 0 Å². The van der Waals surface area contributed by atoms with Gasteiger partial charge in [-0.3, -0.25) is 4.68 Å². The Morgan fingerprint density at radius 3 is 3.00 bits per heavy atom. The average molecular weight is 240 g/mol. The second-order valence-corrected chi connectivity index (χ2v) is 3.80. The van der Waals surface area contributed by atoms with Gasteiger partial charge < -0.3 is 5.73 Å². The lowest BCUT2D eigenvalue weighted by Gasteiger charge is -2.01. The van der Waals surface area contributed by atoms with Gasteiger partial charge >= 0.3 is 0 Å². The van der Waals surface area contributed by atoms with Crippen molar-refractivity contribution in [1.82, 2.24) is 9.78 Å². The minimum Gasteiger partial charge on any atom is -0.326 e. The van der Waals surface area contributed by atoms with Crippen LogP contribution >= 0.6 is 15.9 Å². The number of nitrogens with two attached hydrogens (primary N) is 1. The molecule has 0 spiro atoms. The summed E-state index contributed by atoms with van der Waals surface area (Å²) < 4.78 is 2.90. The number of nitrogens with zero attached hydrogens (tertiary/aromatic N) is 2. The quantitative estimate of drug-likeness (QED) is 0.825. The van der Waals surface area contributed by atoms with E-state index in [9.17, 15) is 0 Å². The van der Waals surface area contributed by atoms with E-state index in [4.69, 9.17) is 5.73 Å². The normalized spacial score (nSPS) is 11.0. The number of fused-ring (bicyclic) bond motifs is 1. The average Bonchev–Trinajstić information content (AvgIpc) is 2.50. The van der Waals surface area contributed by atoms with E-state index < -0.39 is 0 Å². The molecule has 4 heteroatoms. The molecule has 68 valence electrons. The number of aromatic nitrogens is 2. The molecule has 0 saturated carbocycles. The first-order valence-corrected chi connectivity index (χ1v) is 4.82. The van der Waals surface area contributed by atoms with Crippen molar-refractivity contribution in [3.8, 4) is 0 Å². The van der Waals surface area contributed by atoms with Gasteiger partial charge in [0, 0.05) is 23.5 Å². The molecule has 0 bridgehead atoms. The lowest BCUT2D eigenvalue weighted by Crippen LogP contribution is -1.97. The monoisotopic (exact) mass is 239 g/mol. The Kier molecular flexibility index (Phi) is 2.09. The number of hydrogen-bond acceptors (Lipinski definition) is 2. The van der Waals surface area contributed by atoms with E-state index in [-0.39, 0.29) is 0 Å². The van der Waals surface area contributed by atoms with Gasteiger partial charge in [0.05, 0.1) is 11.7 Å². The number of hydrogen-bond donors (Lipinski definition) is 1. The molecule has 0 fully saturated rings. The first kappa shape index (κ1) is 8.72. The van der Waals surface area contributed by atoms with Crippen LogP contribution in [-0.4, -0.2) is 9.78 Å². The standard InChI is InChI=1S/C9H10BrN3/c1-13-9-7(5-12-13)6(4-11)2-3-8(9)10/h2-3,5H,4,11H2,1H3. The van der Waals surface area contributed by atoms with Gasteiger partial charge in [-0.2, -0.15) is 5.10 Å². The molecular formula is C9H10BrN3. The van der Waals surface area contributed by atoms with E-state index in [2.05, 4.69) is 21.0 Å². The maximum Gasteiger partial charge on any atom is 0.0824 e. The first-order valence-electron chi connectivity index (χ1n) is 4.03. The van der Waals surface area contributed by atoms with Gasteiger partial charge in [0.1, 0.15) is 0 Å². The molecule has 13 heavy (non-hydrogen) atoms. The number of benzene rings is 1. The summed E-state index contributed by atoms with van der Waals surface area (Å²) in [6.45, 7) is 0.551. The van der Waals surface area contributed by atoms with Gasteiger partial charge in [-0.05, 0) is 27.6 Å². The third-order valence-electron chi connectivity index (χ3n) is 2.16. The molecule has 0 saturated heterocycles. The lowest BCUT2D eigenvalue weighted by atomic mass is 10.1. The first-order chi connectivity index (χ1) is 6.24. The molecule has 1 heterocycles. The Labute approximate surface area is 84.7 Å². The van der Waals surface area contributed by atoms with E-state index in [0.717, 1.165) is 20.9 Å². The Balaban J connectivity index is 2.87. The Hall–Kier alpha value is -0.870. The smallest absolute Gasteiger partial charge is 0.0824 e. The summed E-state index contributed by atoms with van der Waals surface area (Å²) in [6.07, 6.45) is 1.85. The van der Waals surface area contributed by atoms with Crippen LogP contribution in [0, 0.1) is 0 Å². The predicted octanol–water partition coefficient (Wildman–Crippen LogP) is 1.79. The number of halogens is 1. The highest BCUT2D eigenvalue weighted by Gasteiger charge is 2.06. The molecule has 2 N–H and O–H groups in total. The molecule has 0 unspecified atom stereocenters. The molecule has 1 aromatic carbocycles. The number of aryl methyl sites for hydroxylation is 1. The largest absolute Gasteiger partial charge is 0.326 e. The Morgan fingerprint density at radius 1 is 1.54 bits per heavy atom. The van der Waals surface area contributed by atoms with Crippen molar-refractivity contribution in [2.45, 2.75) is 6.54 Å². The van der Waals surface area contributed by atoms with Crippen LogP contribution in [0.3, 0.4) is 0 Å². The van der Waals surface area contributed by atoms with E-state index in [1.54, 1.807) is 0 Å². The van der Waals surface area contributed by atoms with E-state index in [1.165, 1.54) is 0 Å². The van der Waals surface area contributed by atoms with Gasteiger partial charge in [0.25, 0.3) is 0 Å². The third kappa shape index (κ3) is 1.26. The summed E-state index contributed by atoms with van der Waals surface area (Å²) >= 11 is 3.49. The molecular weight excluding hydrogens is 230 g/mol. The van der Waals surface area contributed by atoms with Gasteiger partial charge in [-0.15, -0.1) is 0 Å². The second kappa shape index (κ2) is 3.12. The summed E-state index contributed by atoms with van der Waals surface area (Å²) in [4.78, 5) is 0. The van der Waals surface area contributed by atoms with Crippen molar-refractivity contribution in [3.05, 3.63) is 28.4 Å². The van der Waals surface area contributed by atoms with Crippen LogP contribution < -0.4 is 5.73 Å². The highest BCUT2D eigenvalue weighted by Crippen LogP contribution is 2.25. The molecule has 0 radical (unpaired) electrons. The molecule has 2 rings (SSSR count). The van der Waals surface area contributed by atoms with Gasteiger partial charge in [-0.1, -0.05) is 6.07 Å². The molecule has 1 aromatic heterocycles. The van der Waals surface area contributed by atoms with Crippen molar-refractivity contribution in [2.24, 2.45) is 12.8 Å². The highest BCUT2D eigenvalue weighted by molar-refractivity contribution is 9.10. The summed E-state index contributed by atoms with van der Waals surface area (Å²) in [6, 6.07) is 4.03. The van der Waals surface area contributed by atoms with Crippen LogP contribution in [0.1, 0.15) is 5.56 Å². The second-order valence-electron chi connectivity index (χ2n) is 2.94. The molecule has 0 atom stereocenters. The van der Waals surface area contributed by atoms with Crippen LogP contribution in [-0.2, 0) is 13.6 Å². The fourth-order valence-electron chi connectivity index (χ4n) is 1.48. The zero-order valence-electron chi connectivity index (χ0n) is 7.29. The molecule has 0 amide bonds. The molecule has 0 aliphatic carbocycles. The maximum absolute atomic E-state index is 5.62. The van der Waals surface area contributed by atoms with Crippen LogP contribution in [0.2, 0.25) is 0 Å². The maximum atomic E-state index is 5.62. The van der Waals surface area contributed by atoms with E-state index in [1.807, 2.05) is 30.1 Å². The topological polar surface area (TPSA) is 43.8 Å². The summed E-state index contributed by atoms with van der Waals surface area (Å²) in [7, 11) is 1.92. The van der Waals surface area contributed by atoms with Crippen LogP contribution in [0.15, 0.2) is 22.8 Å². The molecule has 3 nitrogen and oxygen atoms in total. The summed E-state index contributed by atoms with van der Waals surface area (Å²) in [5, 5.41) is 5.32. The van der Waals surface area contributed by atoms with Crippen molar-refractivity contribution >= 4 is 26.8 Å². The van der Waals surface area contributed by atoms with E-state index >= 15 is 0 Å². The lowest BCUT2D eigenvalue weighted by molar-refractivity contribution is 0.795. The van der Waals surface area contributed by atoms with Crippen molar-refractivity contribution < 1.29 is 0 Å².